The van der Waals surface area contributed by atoms with E-state index in [1.807, 2.05) is 13.8 Å². The van der Waals surface area contributed by atoms with E-state index in [1.54, 1.807) is 17.0 Å². The summed E-state index contributed by atoms with van der Waals surface area (Å²) in [4.78, 5) is 16.8. The smallest absolute Gasteiger partial charge is 0.227 e. The summed E-state index contributed by atoms with van der Waals surface area (Å²) >= 11 is 0. The largest absolute Gasteiger partial charge is 0.379 e. The van der Waals surface area contributed by atoms with Crippen LogP contribution < -0.4 is 4.90 Å². The predicted octanol–water partition coefficient (Wildman–Crippen LogP) is 2.69. The molecule has 1 unspecified atom stereocenters. The van der Waals surface area contributed by atoms with Gasteiger partial charge in [-0.3, -0.25) is 9.69 Å². The second kappa shape index (κ2) is 7.05. The summed E-state index contributed by atoms with van der Waals surface area (Å²) in [5.74, 6) is 0.593. The van der Waals surface area contributed by atoms with Crippen LogP contribution in [0.4, 0.5) is 10.1 Å². The van der Waals surface area contributed by atoms with Gasteiger partial charge in [-0.2, -0.15) is 0 Å². The Hall–Kier alpha value is -2.25. The predicted molar refractivity (Wildman–Crippen MR) is 97.9 cm³/mol. The molecular formula is C20H24FN3O3. The monoisotopic (exact) mass is 373 g/mol. The van der Waals surface area contributed by atoms with E-state index in [-0.39, 0.29) is 17.1 Å². The molecule has 2 aliphatic heterocycles. The number of benzene rings is 1. The lowest BCUT2D eigenvalue weighted by Crippen LogP contribution is -2.40. The van der Waals surface area contributed by atoms with E-state index >= 15 is 0 Å². The van der Waals surface area contributed by atoms with Gasteiger partial charge in [-0.25, -0.2) is 4.39 Å². The van der Waals surface area contributed by atoms with E-state index in [2.05, 4.69) is 10.1 Å². The van der Waals surface area contributed by atoms with Crippen LogP contribution in [0.15, 0.2) is 28.8 Å². The number of amides is 1. The van der Waals surface area contributed by atoms with Gasteiger partial charge < -0.3 is 14.2 Å². The minimum Gasteiger partial charge on any atom is -0.379 e. The third-order valence-electron chi connectivity index (χ3n) is 5.54. The second-order valence-corrected chi connectivity index (χ2v) is 7.70. The van der Waals surface area contributed by atoms with Gasteiger partial charge in [0.2, 0.25) is 5.91 Å². The molecule has 2 aromatic rings. The molecule has 6 nitrogen and oxygen atoms in total. The van der Waals surface area contributed by atoms with Crippen LogP contribution in [-0.4, -0.2) is 48.8 Å². The first-order valence-corrected chi connectivity index (χ1v) is 9.24. The third-order valence-corrected chi connectivity index (χ3v) is 5.54. The Balaban J connectivity index is 1.53. The minimum atomic E-state index is -0.302. The molecule has 2 saturated heterocycles. The van der Waals surface area contributed by atoms with Crippen LogP contribution in [0.25, 0.3) is 0 Å². The summed E-state index contributed by atoms with van der Waals surface area (Å²) in [6.45, 7) is 7.94. The maximum Gasteiger partial charge on any atom is 0.227 e. The molecule has 2 fully saturated rings. The molecule has 3 heterocycles. The van der Waals surface area contributed by atoms with Gasteiger partial charge in [-0.1, -0.05) is 5.16 Å². The second-order valence-electron chi connectivity index (χ2n) is 7.70. The zero-order chi connectivity index (χ0) is 19.0. The molecule has 0 bridgehead atoms. The summed E-state index contributed by atoms with van der Waals surface area (Å²) in [7, 11) is 0. The Kier molecular flexibility index (Phi) is 4.74. The van der Waals surface area contributed by atoms with Crippen molar-refractivity contribution in [3.05, 3.63) is 47.1 Å². The quantitative estimate of drug-likeness (QED) is 0.828. The van der Waals surface area contributed by atoms with Gasteiger partial charge in [-0.05, 0) is 38.1 Å². The van der Waals surface area contributed by atoms with Gasteiger partial charge in [0.15, 0.2) is 0 Å². The molecule has 1 amide bonds. The molecule has 0 N–H and O–H groups in total. The summed E-state index contributed by atoms with van der Waals surface area (Å²) in [6.07, 6.45) is 0.433. The van der Waals surface area contributed by atoms with E-state index in [0.717, 1.165) is 42.3 Å². The third kappa shape index (κ3) is 3.61. The number of nitrogens with zero attached hydrogens (tertiary/aromatic N) is 3. The van der Waals surface area contributed by atoms with Crippen molar-refractivity contribution < 1.29 is 18.4 Å². The fourth-order valence-corrected chi connectivity index (χ4v) is 4.12. The number of hydrogen-bond acceptors (Lipinski definition) is 5. The molecule has 2 aliphatic rings. The molecular weight excluding hydrogens is 349 g/mol. The highest BCUT2D eigenvalue weighted by Gasteiger charge is 2.46. The van der Waals surface area contributed by atoms with Crippen LogP contribution in [0.5, 0.6) is 0 Å². The fraction of sp³-hybridized carbons (Fsp3) is 0.500. The lowest BCUT2D eigenvalue weighted by atomic mass is 9.87. The first-order chi connectivity index (χ1) is 13.0. The molecule has 7 heteroatoms. The highest BCUT2D eigenvalue weighted by Crippen LogP contribution is 2.37. The number of rotatable bonds is 3. The molecule has 4 rings (SSSR count). The lowest BCUT2D eigenvalue weighted by Gasteiger charge is -2.31. The molecule has 1 aromatic carbocycles. The van der Waals surface area contributed by atoms with E-state index in [4.69, 9.17) is 9.26 Å². The highest BCUT2D eigenvalue weighted by atomic mass is 19.1. The molecule has 27 heavy (non-hydrogen) atoms. The van der Waals surface area contributed by atoms with Crippen LogP contribution in [0.1, 0.15) is 23.4 Å². The number of aromatic nitrogens is 1. The average molecular weight is 373 g/mol. The number of ether oxygens (including phenoxy) is 1. The van der Waals surface area contributed by atoms with Crippen molar-refractivity contribution in [3.63, 3.8) is 0 Å². The van der Waals surface area contributed by atoms with Crippen molar-refractivity contribution in [3.8, 4) is 0 Å². The SMILES string of the molecule is Cc1noc(C)c1CN1CCOCC2(CC(=O)N(c3ccc(F)cc3)C2)C1. The number of halogens is 1. The first kappa shape index (κ1) is 18.1. The van der Waals surface area contributed by atoms with Crippen molar-refractivity contribution in [1.82, 2.24) is 10.1 Å². The van der Waals surface area contributed by atoms with Gasteiger partial charge in [0, 0.05) is 49.3 Å². The average Bonchev–Trinajstić information content (AvgIpc) is 3.04. The van der Waals surface area contributed by atoms with Gasteiger partial charge in [0.25, 0.3) is 0 Å². The Bertz CT molecular complexity index is 816. The number of carbonyl (C=O) groups is 1. The standard InChI is InChI=1S/C20H24FN3O3/c1-14-18(15(2)27-22-14)10-23-7-8-26-13-20(11-23)9-19(25)24(12-20)17-5-3-16(21)4-6-17/h3-6H,7-13H2,1-2H3. The summed E-state index contributed by atoms with van der Waals surface area (Å²) in [6, 6.07) is 6.10. The maximum atomic E-state index is 13.2. The number of carbonyl (C=O) groups excluding carboxylic acids is 1. The van der Waals surface area contributed by atoms with Crippen LogP contribution >= 0.6 is 0 Å². The summed E-state index contributed by atoms with van der Waals surface area (Å²) < 4.78 is 24.4. The zero-order valence-electron chi connectivity index (χ0n) is 15.7. The summed E-state index contributed by atoms with van der Waals surface area (Å²) in [5.41, 5.74) is 2.48. The molecule has 0 saturated carbocycles. The van der Waals surface area contributed by atoms with E-state index in [0.29, 0.717) is 26.2 Å². The molecule has 1 atom stereocenters. The lowest BCUT2D eigenvalue weighted by molar-refractivity contribution is -0.118. The van der Waals surface area contributed by atoms with Crippen LogP contribution in [0.3, 0.4) is 0 Å². The van der Waals surface area contributed by atoms with Gasteiger partial charge in [0.1, 0.15) is 11.6 Å². The molecule has 144 valence electrons. The number of aryl methyl sites for hydroxylation is 2. The zero-order valence-corrected chi connectivity index (χ0v) is 15.7. The highest BCUT2D eigenvalue weighted by molar-refractivity contribution is 5.96. The molecule has 1 aromatic heterocycles. The van der Waals surface area contributed by atoms with Gasteiger partial charge in [0.05, 0.1) is 18.9 Å². The van der Waals surface area contributed by atoms with Crippen molar-refractivity contribution in [1.29, 1.82) is 0 Å². The van der Waals surface area contributed by atoms with Crippen LogP contribution in [0, 0.1) is 25.1 Å². The first-order valence-electron chi connectivity index (χ1n) is 9.24. The van der Waals surface area contributed by atoms with E-state index < -0.39 is 0 Å². The van der Waals surface area contributed by atoms with Crippen molar-refractivity contribution >= 4 is 11.6 Å². The van der Waals surface area contributed by atoms with Gasteiger partial charge >= 0.3 is 0 Å². The minimum absolute atomic E-state index is 0.0596. The van der Waals surface area contributed by atoms with Crippen LogP contribution in [-0.2, 0) is 16.1 Å². The maximum absolute atomic E-state index is 13.2. The van der Waals surface area contributed by atoms with Crippen molar-refractivity contribution in [2.24, 2.45) is 5.41 Å². The Labute approximate surface area is 157 Å². The molecule has 0 aliphatic carbocycles. The van der Waals surface area contributed by atoms with Crippen molar-refractivity contribution in [2.75, 3.05) is 37.7 Å². The number of hydrogen-bond donors (Lipinski definition) is 0. The Morgan fingerprint density at radius 3 is 2.70 bits per heavy atom. The van der Waals surface area contributed by atoms with Crippen LogP contribution in [0.2, 0.25) is 0 Å². The Morgan fingerprint density at radius 1 is 1.22 bits per heavy atom. The normalized spacial score (nSPS) is 24.0. The van der Waals surface area contributed by atoms with E-state index in [9.17, 15) is 9.18 Å². The number of anilines is 1. The topological polar surface area (TPSA) is 58.8 Å². The van der Waals surface area contributed by atoms with Gasteiger partial charge in [-0.15, -0.1) is 0 Å². The summed E-state index contributed by atoms with van der Waals surface area (Å²) in [5, 5.41) is 4.04. The molecule has 0 radical (unpaired) electrons. The molecule has 1 spiro atoms. The fourth-order valence-electron chi connectivity index (χ4n) is 4.12. The van der Waals surface area contributed by atoms with E-state index in [1.165, 1.54) is 12.1 Å². The van der Waals surface area contributed by atoms with Crippen molar-refractivity contribution in [2.45, 2.75) is 26.8 Å². The Morgan fingerprint density at radius 2 is 2.00 bits per heavy atom.